The number of sulfone groups is 1. The van der Waals surface area contributed by atoms with Crippen molar-refractivity contribution < 1.29 is 17.9 Å². The van der Waals surface area contributed by atoms with Crippen molar-refractivity contribution in [1.82, 2.24) is 4.90 Å². The number of hydrogen-bond donors (Lipinski definition) is 0. The maximum atomic E-state index is 13.3. The van der Waals surface area contributed by atoms with Gasteiger partial charge in [-0.1, -0.05) is 43.5 Å². The molecular weight excluding hydrogens is 362 g/mol. The lowest BCUT2D eigenvalue weighted by atomic mass is 9.87. The maximum Gasteiger partial charge on any atom is 0.257 e. The maximum absolute atomic E-state index is 13.3. The van der Waals surface area contributed by atoms with Gasteiger partial charge in [-0.3, -0.25) is 4.79 Å². The van der Waals surface area contributed by atoms with Crippen LogP contribution in [0, 0.1) is 0 Å². The second-order valence-corrected chi connectivity index (χ2v) is 10.2. The molecule has 4 rings (SSSR count). The largest absolute Gasteiger partial charge is 0.496 e. The first-order chi connectivity index (χ1) is 13.0. The van der Waals surface area contributed by atoms with E-state index in [1.54, 1.807) is 12.0 Å². The number of hydrogen-bond acceptors (Lipinski definition) is 4. The molecule has 144 valence electrons. The van der Waals surface area contributed by atoms with E-state index in [9.17, 15) is 13.2 Å². The van der Waals surface area contributed by atoms with E-state index in [0.717, 1.165) is 30.0 Å². The molecule has 0 N–H and O–H groups in total. The Morgan fingerprint density at radius 1 is 1.07 bits per heavy atom. The first-order valence-corrected chi connectivity index (χ1v) is 11.2. The molecule has 5 nitrogen and oxygen atoms in total. The lowest BCUT2D eigenvalue weighted by Crippen LogP contribution is -2.58. The number of nitrogens with zero attached hydrogens (tertiary/aromatic N) is 1. The second kappa shape index (κ2) is 6.82. The molecule has 1 saturated heterocycles. The van der Waals surface area contributed by atoms with Crippen molar-refractivity contribution in [2.45, 2.75) is 36.9 Å². The number of methoxy groups -OCH3 is 1. The minimum Gasteiger partial charge on any atom is -0.496 e. The van der Waals surface area contributed by atoms with Crippen LogP contribution in [-0.4, -0.2) is 49.9 Å². The molecule has 1 aliphatic heterocycles. The van der Waals surface area contributed by atoms with Crippen LogP contribution in [0.3, 0.4) is 0 Å². The summed E-state index contributed by atoms with van der Waals surface area (Å²) in [5.41, 5.74) is 0.501. The minimum absolute atomic E-state index is 0.0502. The van der Waals surface area contributed by atoms with Gasteiger partial charge in [-0.15, -0.1) is 0 Å². The first kappa shape index (κ1) is 18.3. The summed E-state index contributed by atoms with van der Waals surface area (Å²) in [6, 6.07) is 11.6. The fraction of sp³-hybridized carbons (Fsp3) is 0.476. The molecule has 6 heteroatoms. The van der Waals surface area contributed by atoms with Gasteiger partial charge in [0, 0.05) is 13.1 Å². The van der Waals surface area contributed by atoms with E-state index in [1.807, 2.05) is 36.4 Å². The zero-order valence-corrected chi connectivity index (χ0v) is 16.4. The number of fused-ring (bicyclic) bond motifs is 1. The average Bonchev–Trinajstić information content (AvgIpc) is 2.69. The van der Waals surface area contributed by atoms with Crippen LogP contribution in [0.2, 0.25) is 0 Å². The predicted octanol–water partition coefficient (Wildman–Crippen LogP) is 3.42. The van der Waals surface area contributed by atoms with Crippen molar-refractivity contribution in [1.29, 1.82) is 0 Å². The second-order valence-electron chi connectivity index (χ2n) is 7.69. The molecule has 0 atom stereocenters. The van der Waals surface area contributed by atoms with Crippen LogP contribution in [0.4, 0.5) is 0 Å². The molecule has 2 aromatic rings. The highest BCUT2D eigenvalue weighted by Gasteiger charge is 2.49. The van der Waals surface area contributed by atoms with Gasteiger partial charge < -0.3 is 9.64 Å². The van der Waals surface area contributed by atoms with Gasteiger partial charge >= 0.3 is 0 Å². The van der Waals surface area contributed by atoms with Crippen LogP contribution in [0.15, 0.2) is 36.4 Å². The molecule has 1 heterocycles. The Kier molecular flexibility index (Phi) is 4.62. The molecule has 1 spiro atoms. The van der Waals surface area contributed by atoms with Gasteiger partial charge in [-0.05, 0) is 35.7 Å². The summed E-state index contributed by atoms with van der Waals surface area (Å²) in [6.07, 6.45) is 4.23. The minimum atomic E-state index is -3.17. The summed E-state index contributed by atoms with van der Waals surface area (Å²) >= 11 is 0. The molecule has 27 heavy (non-hydrogen) atoms. The third-order valence-electron chi connectivity index (χ3n) is 6.12. The molecule has 0 aromatic heterocycles. The number of benzene rings is 2. The molecule has 1 aliphatic carbocycles. The van der Waals surface area contributed by atoms with Crippen LogP contribution in [0.5, 0.6) is 5.75 Å². The van der Waals surface area contributed by atoms with Gasteiger partial charge in [0.05, 0.1) is 23.2 Å². The third-order valence-corrected chi connectivity index (χ3v) is 8.70. The number of amides is 1. The molecule has 0 unspecified atom stereocenters. The Labute approximate surface area is 160 Å². The summed E-state index contributed by atoms with van der Waals surface area (Å²) in [6.45, 7) is 0.545. The monoisotopic (exact) mass is 387 g/mol. The summed E-state index contributed by atoms with van der Waals surface area (Å²) in [5.74, 6) is 0.441. The number of rotatable bonds is 2. The highest BCUT2D eigenvalue weighted by atomic mass is 32.2. The predicted molar refractivity (Wildman–Crippen MR) is 106 cm³/mol. The van der Waals surface area contributed by atoms with Gasteiger partial charge in [-0.25, -0.2) is 8.42 Å². The average molecular weight is 388 g/mol. The topological polar surface area (TPSA) is 63.7 Å². The summed E-state index contributed by atoms with van der Waals surface area (Å²) < 4.78 is 30.3. The molecule has 2 aliphatic rings. The van der Waals surface area contributed by atoms with Crippen molar-refractivity contribution in [3.63, 3.8) is 0 Å². The van der Waals surface area contributed by atoms with E-state index in [1.165, 1.54) is 0 Å². The van der Waals surface area contributed by atoms with E-state index in [-0.39, 0.29) is 18.2 Å². The van der Waals surface area contributed by atoms with Crippen LogP contribution in [-0.2, 0) is 9.84 Å². The van der Waals surface area contributed by atoms with Gasteiger partial charge in [0.25, 0.3) is 5.91 Å². The fourth-order valence-electron chi connectivity index (χ4n) is 4.54. The molecule has 2 aromatic carbocycles. The summed E-state index contributed by atoms with van der Waals surface area (Å²) in [4.78, 5) is 15.0. The zero-order chi connectivity index (χ0) is 19.1. The lowest BCUT2D eigenvalue weighted by Gasteiger charge is -2.44. The normalized spacial score (nSPS) is 21.3. The third kappa shape index (κ3) is 3.10. The van der Waals surface area contributed by atoms with E-state index in [2.05, 4.69) is 0 Å². The van der Waals surface area contributed by atoms with Crippen molar-refractivity contribution in [3.8, 4) is 5.75 Å². The standard InChI is InChI=1S/C21H25NO4S/c1-26-19-14-17-8-4-3-7-16(17)13-18(19)20(23)22-11-12-27(24,25)21(15-22)9-5-2-6-10-21/h3-4,7-8,13-14H,2,5-6,9-12,15H2,1H3. The Morgan fingerprint density at radius 3 is 2.41 bits per heavy atom. The van der Waals surface area contributed by atoms with Crippen LogP contribution in [0.25, 0.3) is 10.8 Å². The van der Waals surface area contributed by atoms with E-state index < -0.39 is 14.6 Å². The highest BCUT2D eigenvalue weighted by molar-refractivity contribution is 7.92. The highest BCUT2D eigenvalue weighted by Crippen LogP contribution is 2.39. The van der Waals surface area contributed by atoms with Crippen LogP contribution in [0.1, 0.15) is 42.5 Å². The fourth-order valence-corrected chi connectivity index (χ4v) is 6.69. The smallest absolute Gasteiger partial charge is 0.257 e. The molecule has 0 bridgehead atoms. The molecule has 1 amide bonds. The Hall–Kier alpha value is -2.08. The lowest BCUT2D eigenvalue weighted by molar-refractivity contribution is 0.0720. The van der Waals surface area contributed by atoms with Gasteiger partial charge in [0.15, 0.2) is 9.84 Å². The van der Waals surface area contributed by atoms with Crippen molar-refractivity contribution in [2.75, 3.05) is 26.0 Å². The quantitative estimate of drug-likeness (QED) is 0.792. The van der Waals surface area contributed by atoms with Crippen LogP contribution >= 0.6 is 0 Å². The van der Waals surface area contributed by atoms with Gasteiger partial charge in [0.1, 0.15) is 5.75 Å². The number of ether oxygens (including phenoxy) is 1. The van der Waals surface area contributed by atoms with E-state index in [4.69, 9.17) is 4.74 Å². The summed E-state index contributed by atoms with van der Waals surface area (Å²) in [7, 11) is -1.61. The molecular formula is C21H25NO4S. The molecule has 1 saturated carbocycles. The Morgan fingerprint density at radius 2 is 1.74 bits per heavy atom. The van der Waals surface area contributed by atoms with Crippen molar-refractivity contribution in [2.24, 2.45) is 0 Å². The van der Waals surface area contributed by atoms with E-state index >= 15 is 0 Å². The summed E-state index contributed by atoms with van der Waals surface area (Å²) in [5, 5.41) is 1.98. The van der Waals surface area contributed by atoms with E-state index in [0.29, 0.717) is 30.7 Å². The van der Waals surface area contributed by atoms with Gasteiger partial charge in [0.2, 0.25) is 0 Å². The number of carbonyl (C=O) groups excluding carboxylic acids is 1. The van der Waals surface area contributed by atoms with Gasteiger partial charge in [-0.2, -0.15) is 0 Å². The Balaban J connectivity index is 1.69. The molecule has 0 radical (unpaired) electrons. The van der Waals surface area contributed by atoms with Crippen molar-refractivity contribution >= 4 is 26.5 Å². The first-order valence-electron chi connectivity index (χ1n) is 9.54. The van der Waals surface area contributed by atoms with Crippen LogP contribution < -0.4 is 4.74 Å². The zero-order valence-electron chi connectivity index (χ0n) is 15.6. The number of carbonyl (C=O) groups is 1. The SMILES string of the molecule is COc1cc2ccccc2cc1C(=O)N1CCS(=O)(=O)C2(CCCCC2)C1. The Bertz CT molecular complexity index is 977. The molecule has 2 fully saturated rings. The van der Waals surface area contributed by atoms with Crippen molar-refractivity contribution in [3.05, 3.63) is 42.0 Å².